The molecule has 14 heteroatoms. The molecular formula is C54H60Cl2N6O6. The first-order valence-corrected chi connectivity index (χ1v) is 23.9. The van der Waals surface area contributed by atoms with Gasteiger partial charge in [-0.15, -0.1) is 0 Å². The molecule has 0 bridgehead atoms. The van der Waals surface area contributed by atoms with E-state index in [0.717, 1.165) is 82.2 Å². The van der Waals surface area contributed by atoms with E-state index in [1.807, 2.05) is 76.5 Å². The monoisotopic (exact) mass is 958 g/mol. The molecule has 0 aliphatic carbocycles. The van der Waals surface area contributed by atoms with Crippen molar-refractivity contribution >= 4 is 69.0 Å². The lowest BCUT2D eigenvalue weighted by Gasteiger charge is -2.32. The van der Waals surface area contributed by atoms with Gasteiger partial charge in [-0.25, -0.2) is 14.5 Å². The third-order valence-electron chi connectivity index (χ3n) is 12.0. The Labute approximate surface area is 408 Å². The normalized spacial score (nSPS) is 14.8. The fraction of sp³-hybridized carbons (Fsp3) is 0.370. The van der Waals surface area contributed by atoms with Gasteiger partial charge in [-0.05, 0) is 150 Å². The van der Waals surface area contributed by atoms with Crippen molar-refractivity contribution in [2.45, 2.75) is 103 Å². The first-order valence-electron chi connectivity index (χ1n) is 23.1. The highest BCUT2D eigenvalue weighted by Crippen LogP contribution is 2.32. The molecule has 2 fully saturated rings. The Morgan fingerprint density at radius 3 is 1.43 bits per heavy atom. The number of ether oxygens (including phenoxy) is 2. The lowest BCUT2D eigenvalue weighted by molar-refractivity contribution is -0.000305. The summed E-state index contributed by atoms with van der Waals surface area (Å²) in [5.74, 6) is 0.716. The summed E-state index contributed by atoms with van der Waals surface area (Å²) in [4.78, 5) is 65.6. The van der Waals surface area contributed by atoms with Gasteiger partial charge in [0.25, 0.3) is 11.8 Å². The molecule has 0 unspecified atom stereocenters. The number of imide groups is 1. The maximum atomic E-state index is 13.2. The number of aromatic nitrogens is 2. The number of fused-ring (bicyclic) bond motifs is 2. The van der Waals surface area contributed by atoms with Crippen molar-refractivity contribution in [3.63, 3.8) is 0 Å². The van der Waals surface area contributed by atoms with Crippen LogP contribution in [0.3, 0.4) is 0 Å². The highest BCUT2D eigenvalue weighted by molar-refractivity contribution is 6.31. The van der Waals surface area contributed by atoms with Gasteiger partial charge in [0.05, 0.1) is 28.7 Å². The minimum Gasteiger partial charge on any atom is -0.443 e. The van der Waals surface area contributed by atoms with Crippen LogP contribution in [0.1, 0.15) is 122 Å². The second-order valence-corrected chi connectivity index (χ2v) is 20.4. The van der Waals surface area contributed by atoms with E-state index in [1.54, 1.807) is 60.0 Å². The van der Waals surface area contributed by atoms with E-state index in [4.69, 9.17) is 38.4 Å². The zero-order valence-electron chi connectivity index (χ0n) is 39.6. The van der Waals surface area contributed by atoms with Gasteiger partial charge in [-0.3, -0.25) is 19.6 Å². The van der Waals surface area contributed by atoms with E-state index in [0.29, 0.717) is 46.7 Å². The van der Waals surface area contributed by atoms with Gasteiger partial charge in [0.15, 0.2) is 0 Å². The Morgan fingerprint density at radius 2 is 1.01 bits per heavy atom. The number of hydrogen-bond donors (Lipinski definition) is 1. The molecule has 2 aliphatic rings. The molecule has 0 atom stereocenters. The van der Waals surface area contributed by atoms with Crippen molar-refractivity contribution in [3.8, 4) is 0 Å². The highest BCUT2D eigenvalue weighted by atomic mass is 35.5. The number of carbonyl (C=O) groups is 4. The smallest absolute Gasteiger partial charge is 0.420 e. The molecule has 12 nitrogen and oxygen atoms in total. The van der Waals surface area contributed by atoms with E-state index in [2.05, 4.69) is 34.2 Å². The zero-order valence-corrected chi connectivity index (χ0v) is 41.1. The van der Waals surface area contributed by atoms with Crippen molar-refractivity contribution < 1.29 is 28.7 Å². The SMILES string of the molecule is CC(C)(C)OC(=O)N(Cc1cccc(C2CCN(C(=O)c3cnc4ccc(Cl)cc4c3)CC2)c1)C(=O)OC(C)(C)C.NCc1cccc(C2CCN(C(=O)c3cnc4ccc(Cl)cc4c3)CC2)c1. The minimum atomic E-state index is -0.763. The van der Waals surface area contributed by atoms with Gasteiger partial charge in [0.1, 0.15) is 11.2 Å². The lowest BCUT2D eigenvalue weighted by Crippen LogP contribution is -2.43. The molecule has 0 radical (unpaired) electrons. The second-order valence-electron chi connectivity index (χ2n) is 19.5. The van der Waals surface area contributed by atoms with Crippen molar-refractivity contribution in [3.05, 3.63) is 153 Å². The summed E-state index contributed by atoms with van der Waals surface area (Å²) in [5.41, 5.74) is 11.4. The third-order valence-corrected chi connectivity index (χ3v) is 12.5. The van der Waals surface area contributed by atoms with Gasteiger partial charge in [0.2, 0.25) is 0 Å². The van der Waals surface area contributed by atoms with Gasteiger partial charge >= 0.3 is 12.2 Å². The molecular weight excluding hydrogens is 900 g/mol. The number of piperidine rings is 2. The number of rotatable bonds is 7. The van der Waals surface area contributed by atoms with Gasteiger partial charge in [0, 0.05) is 65.9 Å². The Kier molecular flexibility index (Phi) is 15.7. The molecule has 356 valence electrons. The predicted molar refractivity (Wildman–Crippen MR) is 268 cm³/mol. The van der Waals surface area contributed by atoms with E-state index in [-0.39, 0.29) is 24.3 Å². The van der Waals surface area contributed by atoms with Crippen LogP contribution in [0.2, 0.25) is 10.0 Å². The van der Waals surface area contributed by atoms with Crippen LogP contribution in [-0.4, -0.2) is 86.0 Å². The number of nitrogens with zero attached hydrogens (tertiary/aromatic N) is 5. The molecule has 4 amide bonds. The van der Waals surface area contributed by atoms with Crippen LogP contribution in [0.15, 0.2) is 109 Å². The Balaban J connectivity index is 0.000000218. The van der Waals surface area contributed by atoms with Crippen LogP contribution in [-0.2, 0) is 22.6 Å². The van der Waals surface area contributed by atoms with Crippen LogP contribution >= 0.6 is 23.2 Å². The topological polar surface area (TPSA) is 148 Å². The summed E-state index contributed by atoms with van der Waals surface area (Å²) in [6.07, 6.45) is 5.29. The maximum Gasteiger partial charge on any atom is 0.420 e. The fourth-order valence-corrected chi connectivity index (χ4v) is 8.94. The number of nitrogens with two attached hydrogens (primary N) is 1. The van der Waals surface area contributed by atoms with Crippen molar-refractivity contribution in [2.24, 2.45) is 5.73 Å². The van der Waals surface area contributed by atoms with Crippen molar-refractivity contribution in [1.82, 2.24) is 24.7 Å². The summed E-state index contributed by atoms with van der Waals surface area (Å²) >= 11 is 12.2. The van der Waals surface area contributed by atoms with Crippen LogP contribution in [0.25, 0.3) is 21.8 Å². The van der Waals surface area contributed by atoms with Crippen LogP contribution in [0.5, 0.6) is 0 Å². The highest BCUT2D eigenvalue weighted by Gasteiger charge is 2.32. The van der Waals surface area contributed by atoms with Crippen LogP contribution in [0.4, 0.5) is 9.59 Å². The van der Waals surface area contributed by atoms with Crippen LogP contribution < -0.4 is 5.73 Å². The van der Waals surface area contributed by atoms with E-state index in [1.165, 1.54) is 5.56 Å². The summed E-state index contributed by atoms with van der Waals surface area (Å²) in [7, 11) is 0. The molecule has 2 saturated heterocycles. The molecule has 4 aromatic carbocycles. The lowest BCUT2D eigenvalue weighted by atomic mass is 9.88. The summed E-state index contributed by atoms with van der Waals surface area (Å²) in [5, 5.41) is 2.98. The molecule has 68 heavy (non-hydrogen) atoms. The van der Waals surface area contributed by atoms with Gasteiger partial charge in [-0.2, -0.15) is 0 Å². The quantitative estimate of drug-likeness (QED) is 0.165. The first kappa shape index (κ1) is 49.8. The van der Waals surface area contributed by atoms with Crippen molar-refractivity contribution in [1.29, 1.82) is 0 Å². The summed E-state index contributed by atoms with van der Waals surface area (Å²) < 4.78 is 11.0. The Bertz CT molecular complexity index is 2760. The largest absolute Gasteiger partial charge is 0.443 e. The number of likely N-dealkylation sites (tertiary alicyclic amines) is 2. The Morgan fingerprint density at radius 1 is 0.603 bits per heavy atom. The summed E-state index contributed by atoms with van der Waals surface area (Å²) in [6, 6.07) is 31.0. The molecule has 6 aromatic rings. The average molecular weight is 960 g/mol. The van der Waals surface area contributed by atoms with Crippen molar-refractivity contribution in [2.75, 3.05) is 26.2 Å². The predicted octanol–water partition coefficient (Wildman–Crippen LogP) is 11.9. The standard InChI is InChI=1S/C32H38ClN3O5.C22H22ClN3O/c1-31(2,3)40-29(38)36(30(39)41-32(4,5)6)20-21-8-7-9-23(16-21)22-12-14-35(15-13-22)28(37)25-17-24-18-26(33)10-11-27(24)34-19-25;23-20-4-5-21-18(12-20)11-19(14-25-21)22(27)26-8-6-16(7-9-26)17-3-1-2-15(10-17)13-24/h7-11,16-19,22H,12-15,20H2,1-6H3;1-5,10-12,14,16H,6-9,13,24H2. The number of pyridine rings is 2. The third kappa shape index (κ3) is 13.1. The molecule has 2 aliphatic heterocycles. The Hall–Kier alpha value is -6.08. The zero-order chi connectivity index (χ0) is 48.8. The number of amides is 4. The van der Waals surface area contributed by atoms with E-state index < -0.39 is 23.4 Å². The van der Waals surface area contributed by atoms with Crippen LogP contribution in [0, 0.1) is 0 Å². The molecule has 2 N–H and O–H groups in total. The fourth-order valence-electron chi connectivity index (χ4n) is 8.58. The number of benzene rings is 4. The molecule has 2 aromatic heterocycles. The molecule has 8 rings (SSSR count). The first-order chi connectivity index (χ1) is 32.3. The molecule has 4 heterocycles. The van der Waals surface area contributed by atoms with E-state index in [9.17, 15) is 19.2 Å². The average Bonchev–Trinajstić information content (AvgIpc) is 3.31. The van der Waals surface area contributed by atoms with Gasteiger partial charge in [-0.1, -0.05) is 71.7 Å². The minimum absolute atomic E-state index is 0.0218. The maximum absolute atomic E-state index is 13.2. The van der Waals surface area contributed by atoms with Gasteiger partial charge < -0.3 is 25.0 Å². The molecule has 0 spiro atoms. The molecule has 0 saturated carbocycles. The number of carbonyl (C=O) groups excluding carboxylic acids is 4. The summed E-state index contributed by atoms with van der Waals surface area (Å²) in [6.45, 7) is 13.8. The van der Waals surface area contributed by atoms with E-state index >= 15 is 0 Å². The number of halogens is 2. The second kappa shape index (κ2) is 21.5. The number of hydrogen-bond acceptors (Lipinski definition) is 9.